The molecule has 3 aromatic rings. The first-order valence-corrected chi connectivity index (χ1v) is 8.65. The lowest BCUT2D eigenvalue weighted by Gasteiger charge is -2.19. The van der Waals surface area contributed by atoms with Crippen LogP contribution in [0, 0.1) is 0 Å². The highest BCUT2D eigenvalue weighted by Crippen LogP contribution is 2.39. The molecule has 4 rings (SSSR count). The summed E-state index contributed by atoms with van der Waals surface area (Å²) in [7, 11) is -3.71. The van der Waals surface area contributed by atoms with Crippen molar-refractivity contribution in [2.24, 2.45) is 0 Å². The van der Waals surface area contributed by atoms with E-state index in [1.807, 2.05) is 31.2 Å². The van der Waals surface area contributed by atoms with Gasteiger partial charge in [-0.05, 0) is 23.8 Å². The molecule has 6 nitrogen and oxygen atoms in total. The standard InChI is InChI=1S/C16H14N2O4S/c1-10-9-18(14-5-3-2-4-12(10)14)23(20,21)11-6-7-13-15(8-11)22-16(19)17-13/h2-8,10H,9H2,1H3,(H,17,19)/t10-/m0/s1. The Morgan fingerprint density at radius 3 is 2.83 bits per heavy atom. The first-order valence-electron chi connectivity index (χ1n) is 7.21. The zero-order chi connectivity index (χ0) is 16.2. The maximum Gasteiger partial charge on any atom is 0.417 e. The van der Waals surface area contributed by atoms with Crippen LogP contribution in [-0.4, -0.2) is 19.9 Å². The molecule has 0 saturated heterocycles. The number of hydrogen-bond donors (Lipinski definition) is 1. The Balaban J connectivity index is 1.85. The number of aromatic nitrogens is 1. The molecule has 2 heterocycles. The van der Waals surface area contributed by atoms with E-state index in [0.717, 1.165) is 5.56 Å². The van der Waals surface area contributed by atoms with Gasteiger partial charge in [-0.3, -0.25) is 9.29 Å². The highest BCUT2D eigenvalue weighted by atomic mass is 32.2. The van der Waals surface area contributed by atoms with E-state index >= 15 is 0 Å². The Hall–Kier alpha value is -2.54. The number of nitrogens with zero attached hydrogens (tertiary/aromatic N) is 1. The fourth-order valence-electron chi connectivity index (χ4n) is 3.02. The molecule has 23 heavy (non-hydrogen) atoms. The van der Waals surface area contributed by atoms with Crippen LogP contribution < -0.4 is 10.1 Å². The van der Waals surface area contributed by atoms with E-state index in [9.17, 15) is 13.2 Å². The molecule has 2 aromatic carbocycles. The van der Waals surface area contributed by atoms with E-state index in [1.165, 1.54) is 16.4 Å². The minimum atomic E-state index is -3.71. The molecule has 0 fully saturated rings. The molecule has 1 aliphatic heterocycles. The molecule has 0 radical (unpaired) electrons. The predicted molar refractivity (Wildman–Crippen MR) is 86.2 cm³/mol. The van der Waals surface area contributed by atoms with Crippen LogP contribution in [0.1, 0.15) is 18.4 Å². The monoisotopic (exact) mass is 330 g/mol. The molecule has 0 spiro atoms. The van der Waals surface area contributed by atoms with Crippen molar-refractivity contribution in [3.8, 4) is 0 Å². The van der Waals surface area contributed by atoms with Crippen molar-refractivity contribution in [2.75, 3.05) is 10.8 Å². The molecular weight excluding hydrogens is 316 g/mol. The van der Waals surface area contributed by atoms with Crippen molar-refractivity contribution in [1.82, 2.24) is 4.98 Å². The van der Waals surface area contributed by atoms with Crippen molar-refractivity contribution >= 4 is 26.8 Å². The van der Waals surface area contributed by atoms with Gasteiger partial charge in [0.1, 0.15) is 0 Å². The van der Waals surface area contributed by atoms with Crippen molar-refractivity contribution in [3.05, 3.63) is 58.6 Å². The van der Waals surface area contributed by atoms with Gasteiger partial charge in [-0.15, -0.1) is 0 Å². The number of benzene rings is 2. The molecule has 0 amide bonds. The van der Waals surface area contributed by atoms with Gasteiger partial charge in [0.15, 0.2) is 5.58 Å². The molecule has 1 aliphatic rings. The Labute approximate surface area is 132 Å². The van der Waals surface area contributed by atoms with Crippen LogP contribution in [0.3, 0.4) is 0 Å². The highest BCUT2D eigenvalue weighted by Gasteiger charge is 2.34. The normalized spacial score (nSPS) is 17.6. The van der Waals surface area contributed by atoms with E-state index in [1.54, 1.807) is 6.07 Å². The number of sulfonamides is 1. The van der Waals surface area contributed by atoms with Crippen molar-refractivity contribution in [2.45, 2.75) is 17.7 Å². The average Bonchev–Trinajstić information content (AvgIpc) is 3.07. The summed E-state index contributed by atoms with van der Waals surface area (Å²) in [5, 5.41) is 0. The minimum Gasteiger partial charge on any atom is -0.408 e. The number of hydrogen-bond acceptors (Lipinski definition) is 4. The number of anilines is 1. The molecular formula is C16H14N2O4S. The van der Waals surface area contributed by atoms with E-state index in [2.05, 4.69) is 4.98 Å². The van der Waals surface area contributed by atoms with Crippen LogP contribution in [0.15, 0.2) is 56.6 Å². The Bertz CT molecular complexity index is 1060. The number of aromatic amines is 1. The second-order valence-corrected chi connectivity index (χ2v) is 7.53. The van der Waals surface area contributed by atoms with Crippen LogP contribution in [0.25, 0.3) is 11.1 Å². The van der Waals surface area contributed by atoms with Crippen LogP contribution in [0.5, 0.6) is 0 Å². The maximum atomic E-state index is 13.0. The third-order valence-corrected chi connectivity index (χ3v) is 5.93. The lowest BCUT2D eigenvalue weighted by atomic mass is 10.0. The average molecular weight is 330 g/mol. The zero-order valence-electron chi connectivity index (χ0n) is 12.3. The third-order valence-electron chi connectivity index (χ3n) is 4.16. The van der Waals surface area contributed by atoms with Crippen molar-refractivity contribution in [3.63, 3.8) is 0 Å². The second-order valence-electron chi connectivity index (χ2n) is 5.67. The molecule has 0 unspecified atom stereocenters. The van der Waals surface area contributed by atoms with Gasteiger partial charge < -0.3 is 4.42 Å². The van der Waals surface area contributed by atoms with Gasteiger partial charge in [0.25, 0.3) is 10.0 Å². The molecule has 1 N–H and O–H groups in total. The number of oxazole rings is 1. The van der Waals surface area contributed by atoms with Crippen LogP contribution in [-0.2, 0) is 10.0 Å². The summed E-state index contributed by atoms with van der Waals surface area (Å²) in [5.41, 5.74) is 2.43. The fraction of sp³-hybridized carbons (Fsp3) is 0.188. The van der Waals surface area contributed by atoms with E-state index in [4.69, 9.17) is 4.42 Å². The zero-order valence-corrected chi connectivity index (χ0v) is 13.1. The largest absolute Gasteiger partial charge is 0.417 e. The SMILES string of the molecule is C[C@H]1CN(S(=O)(=O)c2ccc3[nH]c(=O)oc3c2)c2ccccc21. The first kappa shape index (κ1) is 14.1. The van der Waals surface area contributed by atoms with E-state index < -0.39 is 15.8 Å². The van der Waals surface area contributed by atoms with Crippen LogP contribution in [0.4, 0.5) is 5.69 Å². The first-order chi connectivity index (χ1) is 11.0. The van der Waals surface area contributed by atoms with E-state index in [-0.39, 0.29) is 16.4 Å². The molecule has 1 aromatic heterocycles. The van der Waals surface area contributed by atoms with Crippen molar-refractivity contribution < 1.29 is 12.8 Å². The molecule has 1 atom stereocenters. The number of para-hydroxylation sites is 1. The Morgan fingerprint density at radius 1 is 1.22 bits per heavy atom. The number of H-pyrrole nitrogens is 1. The minimum absolute atomic E-state index is 0.108. The van der Waals surface area contributed by atoms with Gasteiger partial charge in [0.2, 0.25) is 0 Å². The Morgan fingerprint density at radius 2 is 2.00 bits per heavy atom. The van der Waals surface area contributed by atoms with Gasteiger partial charge in [0.05, 0.1) is 16.1 Å². The molecule has 0 saturated carbocycles. The quantitative estimate of drug-likeness (QED) is 0.782. The Kier molecular flexibility index (Phi) is 2.89. The second kappa shape index (κ2) is 4.73. The van der Waals surface area contributed by atoms with Crippen molar-refractivity contribution in [1.29, 1.82) is 0 Å². The third kappa shape index (κ3) is 2.08. The highest BCUT2D eigenvalue weighted by molar-refractivity contribution is 7.92. The van der Waals surface area contributed by atoms with Gasteiger partial charge >= 0.3 is 5.76 Å². The van der Waals surface area contributed by atoms with Gasteiger partial charge in [-0.1, -0.05) is 25.1 Å². The van der Waals surface area contributed by atoms with Gasteiger partial charge in [-0.2, -0.15) is 0 Å². The molecule has 0 aliphatic carbocycles. The van der Waals surface area contributed by atoms with Crippen LogP contribution >= 0.6 is 0 Å². The smallest absolute Gasteiger partial charge is 0.408 e. The van der Waals surface area contributed by atoms with Gasteiger partial charge in [0, 0.05) is 18.5 Å². The topological polar surface area (TPSA) is 83.4 Å². The van der Waals surface area contributed by atoms with Gasteiger partial charge in [-0.25, -0.2) is 13.2 Å². The van der Waals surface area contributed by atoms with Crippen LogP contribution in [0.2, 0.25) is 0 Å². The summed E-state index contributed by atoms with van der Waals surface area (Å²) in [4.78, 5) is 13.8. The summed E-state index contributed by atoms with van der Waals surface area (Å²) < 4.78 is 32.4. The number of fused-ring (bicyclic) bond motifs is 2. The summed E-state index contributed by atoms with van der Waals surface area (Å²) in [6.07, 6.45) is 0. The predicted octanol–water partition coefficient (Wildman–Crippen LogP) is 2.43. The summed E-state index contributed by atoms with van der Waals surface area (Å²) >= 11 is 0. The fourth-order valence-corrected chi connectivity index (χ4v) is 4.61. The summed E-state index contributed by atoms with van der Waals surface area (Å²) in [6.45, 7) is 2.40. The lowest BCUT2D eigenvalue weighted by Crippen LogP contribution is -2.29. The number of rotatable bonds is 2. The van der Waals surface area contributed by atoms with E-state index in [0.29, 0.717) is 17.7 Å². The molecule has 7 heteroatoms. The summed E-state index contributed by atoms with van der Waals surface area (Å²) in [6, 6.07) is 11.9. The molecule has 0 bridgehead atoms. The lowest BCUT2D eigenvalue weighted by molar-refractivity contribution is 0.553. The number of nitrogens with one attached hydrogen (secondary N) is 1. The maximum absolute atomic E-state index is 13.0. The summed E-state index contributed by atoms with van der Waals surface area (Å²) in [5.74, 6) is -0.468. The molecule has 118 valence electrons.